The van der Waals surface area contributed by atoms with Crippen molar-refractivity contribution in [2.75, 3.05) is 0 Å². The van der Waals surface area contributed by atoms with Crippen LogP contribution in [-0.4, -0.2) is 17.1 Å². The molecule has 0 aliphatic carbocycles. The number of carbonyl (C=O) groups excluding carboxylic acids is 1. The number of amides is 1. The summed E-state index contributed by atoms with van der Waals surface area (Å²) in [5, 5.41) is 12.1. The first kappa shape index (κ1) is 12.6. The predicted octanol–water partition coefficient (Wildman–Crippen LogP) is 2.56. The van der Waals surface area contributed by atoms with Crippen LogP contribution in [0.5, 0.6) is 5.75 Å². The Balaban J connectivity index is 2.70. The Labute approximate surface area is 96.5 Å². The van der Waals surface area contributed by atoms with Crippen molar-refractivity contribution >= 4 is 5.91 Å². The van der Waals surface area contributed by atoms with E-state index in [9.17, 15) is 4.79 Å². The molecule has 1 amide bonds. The average Bonchev–Trinajstić information content (AvgIpc) is 2.17. The van der Waals surface area contributed by atoms with Crippen LogP contribution in [0.25, 0.3) is 0 Å². The van der Waals surface area contributed by atoms with Gasteiger partial charge in [0.25, 0.3) is 5.91 Å². The minimum atomic E-state index is -0.109. The third-order valence-corrected chi connectivity index (χ3v) is 2.78. The number of benzene rings is 1. The zero-order valence-electron chi connectivity index (χ0n) is 10.2. The Bertz CT molecular complexity index is 363. The lowest BCUT2D eigenvalue weighted by molar-refractivity contribution is 0.0910. The number of aromatic hydroxyl groups is 1. The van der Waals surface area contributed by atoms with Crippen LogP contribution in [0.15, 0.2) is 24.3 Å². The minimum Gasteiger partial charge on any atom is -0.508 e. The molecule has 1 atom stereocenters. The number of nitrogens with one attached hydrogen (secondary N) is 1. The van der Waals surface area contributed by atoms with Crippen molar-refractivity contribution in [2.45, 2.75) is 33.7 Å². The zero-order valence-corrected chi connectivity index (χ0v) is 10.2. The Kier molecular flexibility index (Phi) is 3.58. The van der Waals surface area contributed by atoms with E-state index in [-0.39, 0.29) is 23.1 Å². The van der Waals surface area contributed by atoms with Gasteiger partial charge in [-0.3, -0.25) is 4.79 Å². The number of rotatable bonds is 2. The van der Waals surface area contributed by atoms with E-state index in [2.05, 4.69) is 26.1 Å². The SMILES string of the molecule is CC(NC(=O)c1ccc(O)cc1)C(C)(C)C. The first-order valence-electron chi connectivity index (χ1n) is 5.40. The van der Waals surface area contributed by atoms with E-state index in [1.807, 2.05) is 6.92 Å². The molecule has 0 spiro atoms. The fourth-order valence-electron chi connectivity index (χ4n) is 1.11. The largest absolute Gasteiger partial charge is 0.508 e. The maximum Gasteiger partial charge on any atom is 0.251 e. The highest BCUT2D eigenvalue weighted by molar-refractivity contribution is 5.94. The van der Waals surface area contributed by atoms with E-state index in [0.717, 1.165) is 0 Å². The molecular formula is C13H19NO2. The molecule has 1 rings (SSSR count). The first-order valence-corrected chi connectivity index (χ1v) is 5.40. The summed E-state index contributed by atoms with van der Waals surface area (Å²) in [6.07, 6.45) is 0. The van der Waals surface area contributed by atoms with E-state index >= 15 is 0 Å². The minimum absolute atomic E-state index is 0.0343. The molecule has 0 aromatic heterocycles. The Morgan fingerprint density at radius 3 is 2.19 bits per heavy atom. The summed E-state index contributed by atoms with van der Waals surface area (Å²) in [5.41, 5.74) is 0.598. The second-order valence-electron chi connectivity index (χ2n) is 5.11. The Morgan fingerprint density at radius 1 is 1.25 bits per heavy atom. The van der Waals surface area contributed by atoms with Gasteiger partial charge in [0.05, 0.1) is 0 Å². The molecule has 0 radical (unpaired) electrons. The molecule has 0 heterocycles. The summed E-state index contributed by atoms with van der Waals surface area (Å²) < 4.78 is 0. The molecule has 1 unspecified atom stereocenters. The monoisotopic (exact) mass is 221 g/mol. The van der Waals surface area contributed by atoms with Gasteiger partial charge in [0.15, 0.2) is 0 Å². The smallest absolute Gasteiger partial charge is 0.251 e. The topological polar surface area (TPSA) is 49.3 Å². The van der Waals surface area contributed by atoms with Crippen LogP contribution in [0.1, 0.15) is 38.1 Å². The van der Waals surface area contributed by atoms with Crippen molar-refractivity contribution in [2.24, 2.45) is 5.41 Å². The van der Waals surface area contributed by atoms with Gasteiger partial charge in [0.1, 0.15) is 5.75 Å². The van der Waals surface area contributed by atoms with E-state index in [1.54, 1.807) is 12.1 Å². The van der Waals surface area contributed by atoms with E-state index in [1.165, 1.54) is 12.1 Å². The third-order valence-electron chi connectivity index (χ3n) is 2.78. The molecule has 3 nitrogen and oxygen atoms in total. The number of hydrogen-bond donors (Lipinski definition) is 2. The molecule has 0 saturated heterocycles. The maximum absolute atomic E-state index is 11.8. The quantitative estimate of drug-likeness (QED) is 0.806. The van der Waals surface area contributed by atoms with Crippen molar-refractivity contribution < 1.29 is 9.90 Å². The summed E-state index contributed by atoms with van der Waals surface area (Å²) in [6, 6.07) is 6.33. The van der Waals surface area contributed by atoms with Crippen molar-refractivity contribution in [3.63, 3.8) is 0 Å². The van der Waals surface area contributed by atoms with E-state index in [4.69, 9.17) is 5.11 Å². The van der Waals surface area contributed by atoms with Crippen LogP contribution in [0, 0.1) is 5.41 Å². The second-order valence-corrected chi connectivity index (χ2v) is 5.11. The lowest BCUT2D eigenvalue weighted by atomic mass is 9.88. The van der Waals surface area contributed by atoms with Gasteiger partial charge in [0, 0.05) is 11.6 Å². The van der Waals surface area contributed by atoms with Crippen LogP contribution in [0.2, 0.25) is 0 Å². The highest BCUT2D eigenvalue weighted by Gasteiger charge is 2.21. The lowest BCUT2D eigenvalue weighted by Crippen LogP contribution is -2.41. The van der Waals surface area contributed by atoms with E-state index in [0.29, 0.717) is 5.56 Å². The Hall–Kier alpha value is -1.51. The lowest BCUT2D eigenvalue weighted by Gasteiger charge is -2.28. The van der Waals surface area contributed by atoms with Crippen molar-refractivity contribution in [3.05, 3.63) is 29.8 Å². The molecule has 3 heteroatoms. The van der Waals surface area contributed by atoms with E-state index < -0.39 is 0 Å². The second kappa shape index (κ2) is 4.56. The van der Waals surface area contributed by atoms with Crippen LogP contribution in [0.3, 0.4) is 0 Å². The summed E-state index contributed by atoms with van der Waals surface area (Å²) in [6.45, 7) is 8.22. The average molecular weight is 221 g/mol. The summed E-state index contributed by atoms with van der Waals surface area (Å²) in [4.78, 5) is 11.8. The van der Waals surface area contributed by atoms with Crippen LogP contribution < -0.4 is 5.32 Å². The van der Waals surface area contributed by atoms with Crippen LogP contribution >= 0.6 is 0 Å². The maximum atomic E-state index is 11.8. The molecule has 16 heavy (non-hydrogen) atoms. The molecule has 88 valence electrons. The van der Waals surface area contributed by atoms with Gasteiger partial charge in [-0.25, -0.2) is 0 Å². The highest BCUT2D eigenvalue weighted by Crippen LogP contribution is 2.19. The normalized spacial score (nSPS) is 13.2. The Morgan fingerprint density at radius 2 is 1.75 bits per heavy atom. The summed E-state index contributed by atoms with van der Waals surface area (Å²) in [5.74, 6) is 0.0582. The van der Waals surface area contributed by atoms with Gasteiger partial charge >= 0.3 is 0 Å². The van der Waals surface area contributed by atoms with Crippen molar-refractivity contribution in [1.29, 1.82) is 0 Å². The standard InChI is InChI=1S/C13H19NO2/c1-9(13(2,3)4)14-12(16)10-5-7-11(15)8-6-10/h5-9,15H,1-4H3,(H,14,16). The molecule has 0 bridgehead atoms. The van der Waals surface area contributed by atoms with Crippen LogP contribution in [-0.2, 0) is 0 Å². The third kappa shape index (κ3) is 3.26. The highest BCUT2D eigenvalue weighted by atomic mass is 16.3. The first-order chi connectivity index (χ1) is 7.30. The number of phenolic OH excluding ortho intramolecular Hbond substituents is 1. The fraction of sp³-hybridized carbons (Fsp3) is 0.462. The van der Waals surface area contributed by atoms with Gasteiger partial charge in [-0.2, -0.15) is 0 Å². The van der Waals surface area contributed by atoms with Gasteiger partial charge in [-0.05, 0) is 36.6 Å². The fourth-order valence-corrected chi connectivity index (χ4v) is 1.11. The molecular weight excluding hydrogens is 202 g/mol. The molecule has 0 saturated carbocycles. The van der Waals surface area contributed by atoms with Gasteiger partial charge < -0.3 is 10.4 Å². The molecule has 1 aromatic rings. The number of phenols is 1. The van der Waals surface area contributed by atoms with Crippen molar-refractivity contribution in [3.8, 4) is 5.75 Å². The van der Waals surface area contributed by atoms with Crippen LogP contribution in [0.4, 0.5) is 0 Å². The van der Waals surface area contributed by atoms with Gasteiger partial charge in [0.2, 0.25) is 0 Å². The number of hydrogen-bond acceptors (Lipinski definition) is 2. The molecule has 1 aromatic carbocycles. The predicted molar refractivity (Wildman–Crippen MR) is 64.5 cm³/mol. The summed E-state index contributed by atoms with van der Waals surface area (Å²) >= 11 is 0. The van der Waals surface area contributed by atoms with Gasteiger partial charge in [-0.15, -0.1) is 0 Å². The molecule has 0 aliphatic rings. The zero-order chi connectivity index (χ0) is 12.3. The molecule has 2 N–H and O–H groups in total. The summed E-state index contributed by atoms with van der Waals surface area (Å²) in [7, 11) is 0. The van der Waals surface area contributed by atoms with Crippen molar-refractivity contribution in [1.82, 2.24) is 5.32 Å². The number of carbonyl (C=O) groups is 1. The molecule has 0 fully saturated rings. The molecule has 0 aliphatic heterocycles. The van der Waals surface area contributed by atoms with Gasteiger partial charge in [-0.1, -0.05) is 20.8 Å².